The summed E-state index contributed by atoms with van der Waals surface area (Å²) in [6.45, 7) is 2.33. The smallest absolute Gasteiger partial charge is 0.276 e. The van der Waals surface area contributed by atoms with Gasteiger partial charge < -0.3 is 15.4 Å². The second-order valence-corrected chi connectivity index (χ2v) is 6.68. The van der Waals surface area contributed by atoms with Gasteiger partial charge in [-0.2, -0.15) is 0 Å². The van der Waals surface area contributed by atoms with Gasteiger partial charge in [0.1, 0.15) is 11.9 Å². The van der Waals surface area contributed by atoms with Gasteiger partial charge in [-0.3, -0.25) is 9.48 Å². The van der Waals surface area contributed by atoms with Crippen LogP contribution in [0.1, 0.15) is 23.3 Å². The zero-order valence-corrected chi connectivity index (χ0v) is 15.1. The van der Waals surface area contributed by atoms with Crippen LogP contribution >= 0.6 is 23.2 Å². The van der Waals surface area contributed by atoms with E-state index >= 15 is 0 Å². The van der Waals surface area contributed by atoms with E-state index in [1.165, 1.54) is 0 Å². The molecule has 25 heavy (non-hydrogen) atoms. The monoisotopic (exact) mass is 383 g/mol. The average Bonchev–Trinajstić information content (AvgIpc) is 3.25. The molecular weight excluding hydrogens is 365 g/mol. The lowest BCUT2D eigenvalue weighted by atomic mass is 10.3. The van der Waals surface area contributed by atoms with Crippen LogP contribution in [0.5, 0.6) is 5.75 Å². The first-order valence-electron chi connectivity index (χ1n) is 8.08. The van der Waals surface area contributed by atoms with E-state index in [0.29, 0.717) is 47.7 Å². The molecule has 1 aromatic carbocycles. The molecule has 0 radical (unpaired) electrons. The van der Waals surface area contributed by atoms with Gasteiger partial charge >= 0.3 is 0 Å². The van der Waals surface area contributed by atoms with Crippen molar-refractivity contribution < 1.29 is 9.53 Å². The molecule has 1 unspecified atom stereocenters. The van der Waals surface area contributed by atoms with Crippen LogP contribution in [0.25, 0.3) is 0 Å². The summed E-state index contributed by atoms with van der Waals surface area (Å²) in [5.74, 6) is 0.501. The lowest BCUT2D eigenvalue weighted by molar-refractivity contribution is 0.0766. The van der Waals surface area contributed by atoms with Gasteiger partial charge in [-0.05, 0) is 25.1 Å². The van der Waals surface area contributed by atoms with Crippen molar-refractivity contribution in [3.05, 3.63) is 40.1 Å². The van der Waals surface area contributed by atoms with E-state index in [1.807, 2.05) is 0 Å². The number of nitrogens with zero attached hydrogens (tertiary/aromatic N) is 4. The highest BCUT2D eigenvalue weighted by Crippen LogP contribution is 2.28. The largest absolute Gasteiger partial charge is 0.488 e. The summed E-state index contributed by atoms with van der Waals surface area (Å²) in [5.41, 5.74) is 5.81. The van der Waals surface area contributed by atoms with E-state index in [-0.39, 0.29) is 12.0 Å². The molecule has 1 aliphatic heterocycles. The van der Waals surface area contributed by atoms with Crippen molar-refractivity contribution in [3.8, 4) is 5.75 Å². The number of benzene rings is 1. The predicted octanol–water partition coefficient (Wildman–Crippen LogP) is 2.23. The Kier molecular flexibility index (Phi) is 5.78. The van der Waals surface area contributed by atoms with Crippen LogP contribution in [-0.2, 0) is 6.54 Å². The Labute approximate surface area is 155 Å². The zero-order valence-electron chi connectivity index (χ0n) is 13.6. The van der Waals surface area contributed by atoms with Crippen LogP contribution in [-0.4, -0.2) is 51.5 Å². The first-order chi connectivity index (χ1) is 12.1. The fourth-order valence-electron chi connectivity index (χ4n) is 2.67. The number of carbonyl (C=O) groups excluding carboxylic acids is 1. The van der Waals surface area contributed by atoms with Gasteiger partial charge in [0, 0.05) is 25.6 Å². The van der Waals surface area contributed by atoms with E-state index in [0.717, 1.165) is 12.8 Å². The van der Waals surface area contributed by atoms with Crippen molar-refractivity contribution >= 4 is 29.1 Å². The van der Waals surface area contributed by atoms with Crippen molar-refractivity contribution in [2.75, 3.05) is 19.6 Å². The Balaban J connectivity index is 1.57. The number of hydrogen-bond acceptors (Lipinski definition) is 5. The van der Waals surface area contributed by atoms with Crippen molar-refractivity contribution in [3.63, 3.8) is 0 Å². The maximum absolute atomic E-state index is 12.5. The number of hydrogen-bond donors (Lipinski definition) is 1. The Hall–Kier alpha value is -1.83. The fraction of sp³-hybridized carbons (Fsp3) is 0.438. The number of halogens is 2. The molecule has 0 aliphatic carbocycles. The Morgan fingerprint density at radius 1 is 1.36 bits per heavy atom. The second kappa shape index (κ2) is 8.03. The maximum Gasteiger partial charge on any atom is 0.276 e. The third kappa shape index (κ3) is 4.42. The fourth-order valence-corrected chi connectivity index (χ4v) is 2.96. The molecule has 1 aromatic heterocycles. The van der Waals surface area contributed by atoms with E-state index in [4.69, 9.17) is 33.7 Å². The van der Waals surface area contributed by atoms with E-state index < -0.39 is 0 Å². The summed E-state index contributed by atoms with van der Waals surface area (Å²) >= 11 is 11.9. The minimum atomic E-state index is -0.140. The lowest BCUT2D eigenvalue weighted by Gasteiger charge is -2.16. The van der Waals surface area contributed by atoms with Crippen LogP contribution in [0.3, 0.4) is 0 Å². The highest BCUT2D eigenvalue weighted by Gasteiger charge is 2.29. The number of nitrogens with two attached hydrogens (primary N) is 1. The third-order valence-corrected chi connectivity index (χ3v) is 4.71. The van der Waals surface area contributed by atoms with Gasteiger partial charge in [-0.15, -0.1) is 5.10 Å². The van der Waals surface area contributed by atoms with Crippen LogP contribution in [0.15, 0.2) is 24.4 Å². The summed E-state index contributed by atoms with van der Waals surface area (Å²) < 4.78 is 7.53. The topological polar surface area (TPSA) is 86.3 Å². The predicted molar refractivity (Wildman–Crippen MR) is 95.1 cm³/mol. The molecule has 2 N–H and O–H groups in total. The summed E-state index contributed by atoms with van der Waals surface area (Å²) in [6, 6.07) is 5.13. The molecule has 0 saturated carbocycles. The highest BCUT2D eigenvalue weighted by molar-refractivity contribution is 6.42. The Bertz CT molecular complexity index is 752. The number of aromatic nitrogens is 3. The summed E-state index contributed by atoms with van der Waals surface area (Å²) in [5, 5.41) is 8.83. The molecule has 2 aromatic rings. The molecule has 1 saturated heterocycles. The van der Waals surface area contributed by atoms with E-state index in [1.54, 1.807) is 34.0 Å². The normalized spacial score (nSPS) is 17.1. The molecule has 1 amide bonds. The number of aryl methyl sites for hydroxylation is 1. The van der Waals surface area contributed by atoms with Crippen molar-refractivity contribution in [1.29, 1.82) is 0 Å². The summed E-state index contributed by atoms with van der Waals surface area (Å²) in [4.78, 5) is 14.2. The summed E-state index contributed by atoms with van der Waals surface area (Å²) in [6.07, 6.45) is 3.10. The minimum Gasteiger partial charge on any atom is -0.488 e. The van der Waals surface area contributed by atoms with Gasteiger partial charge in [0.25, 0.3) is 5.91 Å². The quantitative estimate of drug-likeness (QED) is 0.826. The molecule has 3 rings (SSSR count). The average molecular weight is 384 g/mol. The standard InChI is InChI=1S/C16H19Cl2N5O2/c17-13-3-2-11(8-14(13)18)25-12-4-7-22(9-12)16(24)15-10-23(21-20-15)6-1-5-19/h2-3,8,10,12H,1,4-7,9,19H2. The highest BCUT2D eigenvalue weighted by atomic mass is 35.5. The zero-order chi connectivity index (χ0) is 17.8. The first kappa shape index (κ1) is 18.0. The van der Waals surface area contributed by atoms with Crippen LogP contribution < -0.4 is 10.5 Å². The van der Waals surface area contributed by atoms with Crippen molar-refractivity contribution in [2.24, 2.45) is 5.73 Å². The van der Waals surface area contributed by atoms with Gasteiger partial charge in [-0.25, -0.2) is 0 Å². The molecule has 0 bridgehead atoms. The summed E-state index contributed by atoms with van der Waals surface area (Å²) in [7, 11) is 0. The molecule has 1 fully saturated rings. The van der Waals surface area contributed by atoms with Gasteiger partial charge in [0.05, 0.1) is 22.8 Å². The minimum absolute atomic E-state index is 0.0894. The number of carbonyl (C=O) groups is 1. The second-order valence-electron chi connectivity index (χ2n) is 5.86. The van der Waals surface area contributed by atoms with Crippen LogP contribution in [0, 0.1) is 0 Å². The number of likely N-dealkylation sites (tertiary alicyclic amines) is 1. The molecule has 134 valence electrons. The number of rotatable bonds is 6. The Morgan fingerprint density at radius 2 is 2.20 bits per heavy atom. The molecule has 0 spiro atoms. The lowest BCUT2D eigenvalue weighted by Crippen LogP contribution is -2.31. The first-order valence-corrected chi connectivity index (χ1v) is 8.83. The third-order valence-electron chi connectivity index (χ3n) is 3.98. The van der Waals surface area contributed by atoms with Crippen molar-refractivity contribution in [1.82, 2.24) is 19.9 Å². The van der Waals surface area contributed by atoms with Gasteiger partial charge in [0.15, 0.2) is 5.69 Å². The van der Waals surface area contributed by atoms with Gasteiger partial charge in [0.2, 0.25) is 0 Å². The van der Waals surface area contributed by atoms with E-state index in [9.17, 15) is 4.79 Å². The van der Waals surface area contributed by atoms with E-state index in [2.05, 4.69) is 10.3 Å². The molecule has 7 nitrogen and oxygen atoms in total. The maximum atomic E-state index is 12.5. The molecule has 1 atom stereocenters. The molecular formula is C16H19Cl2N5O2. The molecule has 2 heterocycles. The van der Waals surface area contributed by atoms with Crippen LogP contribution in [0.4, 0.5) is 0 Å². The van der Waals surface area contributed by atoms with Gasteiger partial charge in [-0.1, -0.05) is 28.4 Å². The van der Waals surface area contributed by atoms with Crippen molar-refractivity contribution in [2.45, 2.75) is 25.5 Å². The molecule has 1 aliphatic rings. The molecule has 9 heteroatoms. The number of ether oxygens (including phenoxy) is 1. The SMILES string of the molecule is NCCCn1cc(C(=O)N2CCC(Oc3ccc(Cl)c(Cl)c3)C2)nn1. The number of amides is 1. The van der Waals surface area contributed by atoms with Crippen LogP contribution in [0.2, 0.25) is 10.0 Å². The Morgan fingerprint density at radius 3 is 2.96 bits per heavy atom.